The lowest BCUT2D eigenvalue weighted by molar-refractivity contribution is -0.229. The Balaban J connectivity index is 1.40. The third-order valence-electron chi connectivity index (χ3n) is 12.0. The molecule has 0 amide bonds. The van der Waals surface area contributed by atoms with Crippen LogP contribution in [0.5, 0.6) is 5.75 Å². The number of ketones is 1. The van der Waals surface area contributed by atoms with Gasteiger partial charge in [0.15, 0.2) is 0 Å². The number of carbonyl (C=O) groups excluding carboxylic acids is 1. The first-order valence-corrected chi connectivity index (χ1v) is 18.2. The molecule has 0 bridgehead atoms. The van der Waals surface area contributed by atoms with Crippen LogP contribution in [0.4, 0.5) is 0 Å². The van der Waals surface area contributed by atoms with Gasteiger partial charge in [0, 0.05) is 37.0 Å². The van der Waals surface area contributed by atoms with Crippen molar-refractivity contribution in [3.8, 4) is 5.75 Å². The van der Waals surface area contributed by atoms with Crippen molar-refractivity contribution in [3.05, 3.63) is 28.8 Å². The number of aliphatic hydroxyl groups is 2. The number of hydrogen-bond donors (Lipinski definition) is 3. The molecule has 4 rings (SSSR count). The van der Waals surface area contributed by atoms with Crippen LogP contribution in [0.25, 0.3) is 0 Å². The molecule has 262 valence electrons. The summed E-state index contributed by atoms with van der Waals surface area (Å²) in [7, 11) is 0. The maximum Gasteiger partial charge on any atom is 0.143 e. The summed E-state index contributed by atoms with van der Waals surface area (Å²) in [6.45, 7) is 20.0. The molecule has 3 aliphatic rings. The molecule has 1 aromatic rings. The Morgan fingerprint density at radius 1 is 1.11 bits per heavy atom. The van der Waals surface area contributed by atoms with Crippen LogP contribution in [0.15, 0.2) is 12.1 Å². The summed E-state index contributed by atoms with van der Waals surface area (Å²) in [6.07, 6.45) is 4.41. The van der Waals surface area contributed by atoms with Gasteiger partial charge in [-0.3, -0.25) is 9.69 Å². The highest BCUT2D eigenvalue weighted by Crippen LogP contribution is 2.48. The zero-order valence-electron chi connectivity index (χ0n) is 29.9. The lowest BCUT2D eigenvalue weighted by Gasteiger charge is -2.47. The van der Waals surface area contributed by atoms with Crippen molar-refractivity contribution in [2.45, 2.75) is 149 Å². The zero-order chi connectivity index (χ0) is 33.8. The van der Waals surface area contributed by atoms with Gasteiger partial charge in [-0.05, 0) is 88.2 Å². The van der Waals surface area contributed by atoms with E-state index in [2.05, 4.69) is 24.8 Å². The summed E-state index contributed by atoms with van der Waals surface area (Å²) in [5.74, 6) is -0.303. The Hall–Kier alpha value is -1.55. The summed E-state index contributed by atoms with van der Waals surface area (Å²) in [6, 6.07) is 4.07. The maximum atomic E-state index is 14.1. The van der Waals surface area contributed by atoms with Crippen LogP contribution in [0.3, 0.4) is 0 Å². The standard InChI is InChI=1S/C38H63NO7/c1-9-30(36-26(6)22-38(11-3,46-36)32-16-17-37(43,10-2)28(8)45-32)35(42)27(7)33(40)24(4)12-14-29-15-13-25(5)34(41)31(29)23-39-18-20-44-21-19-39/h13,15,24,26-28,30,32-33,36,40-41,43H,9-12,14,16-23H2,1-8H3/t24-,26+,27+,28+,30+,32-,33+,36+,37-,38+/m1/s1. The van der Waals surface area contributed by atoms with E-state index in [-0.39, 0.29) is 41.8 Å². The third-order valence-corrected chi connectivity index (χ3v) is 12.0. The molecule has 3 fully saturated rings. The minimum absolute atomic E-state index is 0.0740. The van der Waals surface area contributed by atoms with Crippen molar-refractivity contribution >= 4 is 5.78 Å². The smallest absolute Gasteiger partial charge is 0.143 e. The summed E-state index contributed by atoms with van der Waals surface area (Å²) < 4.78 is 18.9. The van der Waals surface area contributed by atoms with Gasteiger partial charge in [0.2, 0.25) is 0 Å². The number of hydrogen-bond acceptors (Lipinski definition) is 8. The summed E-state index contributed by atoms with van der Waals surface area (Å²) >= 11 is 0. The maximum absolute atomic E-state index is 14.1. The molecule has 3 heterocycles. The number of morpholine rings is 1. The molecular weight excluding hydrogens is 582 g/mol. The summed E-state index contributed by atoms with van der Waals surface area (Å²) in [5.41, 5.74) is 1.64. The predicted molar refractivity (Wildman–Crippen MR) is 181 cm³/mol. The van der Waals surface area contributed by atoms with Gasteiger partial charge in [0.25, 0.3) is 0 Å². The van der Waals surface area contributed by atoms with Gasteiger partial charge >= 0.3 is 0 Å². The molecule has 10 atom stereocenters. The second-order valence-corrected chi connectivity index (χ2v) is 14.9. The van der Waals surface area contributed by atoms with Gasteiger partial charge in [0.1, 0.15) is 11.5 Å². The monoisotopic (exact) mass is 645 g/mol. The average molecular weight is 646 g/mol. The van der Waals surface area contributed by atoms with E-state index in [9.17, 15) is 20.1 Å². The van der Waals surface area contributed by atoms with Gasteiger partial charge in [-0.25, -0.2) is 0 Å². The fraction of sp³-hybridized carbons (Fsp3) is 0.816. The Kier molecular flexibility index (Phi) is 12.8. The molecule has 0 spiro atoms. The number of phenolic OH excluding ortho intramolecular Hbond substituents is 1. The first-order valence-electron chi connectivity index (χ1n) is 18.2. The summed E-state index contributed by atoms with van der Waals surface area (Å²) in [4.78, 5) is 16.4. The van der Waals surface area contributed by atoms with Crippen molar-refractivity contribution in [2.75, 3.05) is 26.3 Å². The van der Waals surface area contributed by atoms with E-state index < -0.39 is 23.2 Å². The molecule has 0 aromatic heterocycles. The molecular formula is C38H63NO7. The zero-order valence-corrected chi connectivity index (χ0v) is 29.9. The van der Waals surface area contributed by atoms with E-state index in [1.54, 1.807) is 0 Å². The number of rotatable bonds is 14. The minimum Gasteiger partial charge on any atom is -0.507 e. The average Bonchev–Trinajstić information content (AvgIpc) is 3.40. The molecule has 0 saturated carbocycles. The molecule has 3 N–H and O–H groups in total. The van der Waals surface area contributed by atoms with Crippen LogP contribution in [0.2, 0.25) is 0 Å². The first kappa shape index (κ1) is 37.3. The lowest BCUT2D eigenvalue weighted by atomic mass is 9.76. The number of Topliss-reactive ketones (excluding diaryl/α,β-unsaturated/α-hetero) is 1. The normalized spacial score (nSPS) is 33.4. The number of ether oxygens (including phenoxy) is 3. The van der Waals surface area contributed by atoms with Gasteiger partial charge in [-0.1, -0.05) is 53.7 Å². The SMILES string of the molecule is CC[C@@H](C(=O)[C@@H](C)[C@@H](O)[C@H](C)CCc1ccc(C)c(O)c1CN1CCOCC1)[C@H]1O[C@](CC)([C@H]2CC[C@](O)(CC)[C@H](C)O2)C[C@@H]1C. The third kappa shape index (κ3) is 7.84. The fourth-order valence-corrected chi connectivity index (χ4v) is 8.45. The highest BCUT2D eigenvalue weighted by molar-refractivity contribution is 5.84. The van der Waals surface area contributed by atoms with E-state index in [4.69, 9.17) is 14.2 Å². The van der Waals surface area contributed by atoms with Crippen molar-refractivity contribution in [2.24, 2.45) is 23.7 Å². The second-order valence-electron chi connectivity index (χ2n) is 14.9. The van der Waals surface area contributed by atoms with Crippen LogP contribution in [-0.2, 0) is 32.0 Å². The molecule has 8 heteroatoms. The number of aliphatic hydroxyl groups excluding tert-OH is 1. The van der Waals surface area contributed by atoms with Crippen LogP contribution in [0.1, 0.15) is 110 Å². The van der Waals surface area contributed by atoms with Gasteiger partial charge in [-0.2, -0.15) is 0 Å². The van der Waals surface area contributed by atoms with Crippen molar-refractivity contribution < 1.29 is 34.3 Å². The van der Waals surface area contributed by atoms with Crippen molar-refractivity contribution in [1.82, 2.24) is 4.90 Å². The van der Waals surface area contributed by atoms with Gasteiger partial charge in [-0.15, -0.1) is 0 Å². The second kappa shape index (κ2) is 15.8. The molecule has 46 heavy (non-hydrogen) atoms. The number of aryl methyl sites for hydroxylation is 2. The van der Waals surface area contributed by atoms with Crippen molar-refractivity contribution in [3.63, 3.8) is 0 Å². The number of phenols is 1. The molecule has 0 radical (unpaired) electrons. The largest absolute Gasteiger partial charge is 0.507 e. The van der Waals surface area contributed by atoms with Crippen molar-refractivity contribution in [1.29, 1.82) is 0 Å². The molecule has 3 saturated heterocycles. The molecule has 8 nitrogen and oxygen atoms in total. The number of carbonyl (C=O) groups is 1. The first-order chi connectivity index (χ1) is 21.8. The minimum atomic E-state index is -0.802. The predicted octanol–water partition coefficient (Wildman–Crippen LogP) is 5.98. The molecule has 1 aromatic carbocycles. The van der Waals surface area contributed by atoms with E-state index in [0.717, 1.165) is 55.5 Å². The topological polar surface area (TPSA) is 109 Å². The van der Waals surface area contributed by atoms with Crippen LogP contribution in [0, 0.1) is 30.6 Å². The Morgan fingerprint density at radius 3 is 2.41 bits per heavy atom. The molecule has 0 unspecified atom stereocenters. The summed E-state index contributed by atoms with van der Waals surface area (Å²) in [5, 5.41) is 33.4. The Labute approximate surface area is 278 Å². The number of aromatic hydroxyl groups is 1. The van der Waals surface area contributed by atoms with Gasteiger partial charge in [0.05, 0.1) is 48.8 Å². The lowest BCUT2D eigenvalue weighted by Crippen LogP contribution is -2.55. The van der Waals surface area contributed by atoms with Crippen LogP contribution in [-0.4, -0.2) is 87.9 Å². The van der Waals surface area contributed by atoms with E-state index in [0.29, 0.717) is 51.2 Å². The number of nitrogens with zero attached hydrogens (tertiary/aromatic N) is 1. The van der Waals surface area contributed by atoms with Crippen LogP contribution < -0.4 is 0 Å². The van der Waals surface area contributed by atoms with Gasteiger partial charge < -0.3 is 29.5 Å². The van der Waals surface area contributed by atoms with Crippen LogP contribution >= 0.6 is 0 Å². The fourth-order valence-electron chi connectivity index (χ4n) is 8.45. The highest BCUT2D eigenvalue weighted by atomic mass is 16.6. The molecule has 3 aliphatic heterocycles. The molecule has 0 aliphatic carbocycles. The Bertz CT molecular complexity index is 1150. The quantitative estimate of drug-likeness (QED) is 0.227. The van der Waals surface area contributed by atoms with E-state index in [1.165, 1.54) is 0 Å². The highest BCUT2D eigenvalue weighted by Gasteiger charge is 2.55. The number of benzene rings is 1. The Morgan fingerprint density at radius 2 is 1.80 bits per heavy atom. The van der Waals surface area contributed by atoms with E-state index >= 15 is 0 Å². The van der Waals surface area contributed by atoms with E-state index in [1.807, 2.05) is 47.6 Å².